The Kier molecular flexibility index (Phi) is 2.51. The summed E-state index contributed by atoms with van der Waals surface area (Å²) < 4.78 is 5.31. The molecule has 16 heavy (non-hydrogen) atoms. The lowest BCUT2D eigenvalue weighted by Crippen LogP contribution is -1.86. The maximum atomic E-state index is 10.5. The van der Waals surface area contributed by atoms with Gasteiger partial charge in [0.05, 0.1) is 11.1 Å². The molecule has 0 fully saturated rings. The van der Waals surface area contributed by atoms with Gasteiger partial charge in [-0.1, -0.05) is 0 Å². The van der Waals surface area contributed by atoms with Gasteiger partial charge < -0.3 is 9.83 Å². The number of hydrogen-bond acceptors (Lipinski definition) is 4. The molecule has 2 aromatic rings. The van der Waals surface area contributed by atoms with Gasteiger partial charge in [0.25, 0.3) is 5.69 Å². The molecule has 0 saturated heterocycles. The molecule has 0 radical (unpaired) electrons. The highest BCUT2D eigenvalue weighted by Crippen LogP contribution is 2.23. The van der Waals surface area contributed by atoms with Crippen molar-refractivity contribution in [1.82, 2.24) is 0 Å². The van der Waals surface area contributed by atoms with Gasteiger partial charge >= 0.3 is 0 Å². The first kappa shape index (κ1) is 10.1. The van der Waals surface area contributed by atoms with Crippen LogP contribution in [0.25, 0.3) is 11.3 Å². The van der Waals surface area contributed by atoms with Crippen LogP contribution in [-0.4, -0.2) is 11.1 Å². The summed E-state index contributed by atoms with van der Waals surface area (Å²) in [4.78, 5) is 10.0. The van der Waals surface area contributed by atoms with Crippen LogP contribution in [0.5, 0.6) is 0 Å². The van der Waals surface area contributed by atoms with E-state index in [0.29, 0.717) is 11.5 Å². The molecule has 0 unspecified atom stereocenters. The third kappa shape index (κ3) is 1.83. The van der Waals surface area contributed by atoms with Gasteiger partial charge in [0, 0.05) is 17.7 Å². The van der Waals surface area contributed by atoms with E-state index in [4.69, 9.17) is 9.83 Å². The van der Waals surface area contributed by atoms with Crippen LogP contribution >= 0.6 is 0 Å². The van der Waals surface area contributed by atoms with E-state index in [1.165, 1.54) is 12.1 Å². The number of benzene rings is 1. The molecule has 5 nitrogen and oxygen atoms in total. The SMILES string of the molecule is N=Cc1ccc(-c2ccc([N+](=O)[O-])cc2)o1. The number of furan rings is 1. The van der Waals surface area contributed by atoms with Crippen molar-refractivity contribution in [3.05, 3.63) is 52.3 Å². The minimum absolute atomic E-state index is 0.0441. The Morgan fingerprint density at radius 1 is 1.19 bits per heavy atom. The Bertz CT molecular complexity index is 528. The quantitative estimate of drug-likeness (QED) is 0.486. The van der Waals surface area contributed by atoms with Crippen molar-refractivity contribution in [2.75, 3.05) is 0 Å². The molecule has 80 valence electrons. The zero-order chi connectivity index (χ0) is 11.5. The first-order chi connectivity index (χ1) is 7.70. The zero-order valence-electron chi connectivity index (χ0n) is 8.21. The van der Waals surface area contributed by atoms with E-state index in [9.17, 15) is 10.1 Å². The molecule has 1 aromatic heterocycles. The van der Waals surface area contributed by atoms with Crippen LogP contribution in [-0.2, 0) is 0 Å². The molecular weight excluding hydrogens is 208 g/mol. The Morgan fingerprint density at radius 2 is 1.88 bits per heavy atom. The monoisotopic (exact) mass is 216 g/mol. The summed E-state index contributed by atoms with van der Waals surface area (Å²) in [6, 6.07) is 9.46. The van der Waals surface area contributed by atoms with E-state index >= 15 is 0 Å². The van der Waals surface area contributed by atoms with E-state index < -0.39 is 4.92 Å². The maximum Gasteiger partial charge on any atom is 0.269 e. The predicted molar refractivity (Wildman–Crippen MR) is 58.7 cm³/mol. The van der Waals surface area contributed by atoms with E-state index in [1.54, 1.807) is 24.3 Å². The minimum Gasteiger partial charge on any atom is -0.455 e. The van der Waals surface area contributed by atoms with Crippen molar-refractivity contribution in [2.24, 2.45) is 0 Å². The first-order valence-corrected chi connectivity index (χ1v) is 4.56. The van der Waals surface area contributed by atoms with Gasteiger partial charge in [-0.25, -0.2) is 0 Å². The molecule has 0 aliphatic heterocycles. The molecule has 1 aromatic carbocycles. The molecule has 0 bridgehead atoms. The van der Waals surface area contributed by atoms with Gasteiger partial charge in [-0.05, 0) is 24.3 Å². The van der Waals surface area contributed by atoms with Gasteiger partial charge in [0.1, 0.15) is 11.5 Å². The lowest BCUT2D eigenvalue weighted by molar-refractivity contribution is -0.384. The number of rotatable bonds is 3. The number of nitro benzene ring substituents is 1. The van der Waals surface area contributed by atoms with Gasteiger partial charge in [-0.3, -0.25) is 10.1 Å². The van der Waals surface area contributed by atoms with Gasteiger partial charge in [-0.15, -0.1) is 0 Å². The lowest BCUT2D eigenvalue weighted by atomic mass is 10.1. The van der Waals surface area contributed by atoms with E-state index in [-0.39, 0.29) is 5.69 Å². The number of nitrogens with one attached hydrogen (secondary N) is 1. The molecule has 0 aliphatic rings. The van der Waals surface area contributed by atoms with Gasteiger partial charge in [0.15, 0.2) is 0 Å². The molecule has 2 rings (SSSR count). The number of nitro groups is 1. The van der Waals surface area contributed by atoms with E-state index in [2.05, 4.69) is 0 Å². The normalized spacial score (nSPS) is 10.0. The number of hydrogen-bond donors (Lipinski definition) is 1. The summed E-state index contributed by atoms with van der Waals surface area (Å²) in [7, 11) is 0. The van der Waals surface area contributed by atoms with Crippen molar-refractivity contribution >= 4 is 11.9 Å². The van der Waals surface area contributed by atoms with Crippen LogP contribution in [0.2, 0.25) is 0 Å². The van der Waals surface area contributed by atoms with Crippen molar-refractivity contribution in [3.63, 3.8) is 0 Å². The predicted octanol–water partition coefficient (Wildman–Crippen LogP) is 2.85. The van der Waals surface area contributed by atoms with Crippen LogP contribution < -0.4 is 0 Å². The highest BCUT2D eigenvalue weighted by molar-refractivity contribution is 5.74. The molecule has 0 amide bonds. The average Bonchev–Trinajstić information content (AvgIpc) is 2.77. The highest BCUT2D eigenvalue weighted by Gasteiger charge is 2.07. The summed E-state index contributed by atoms with van der Waals surface area (Å²) in [5.41, 5.74) is 0.793. The molecule has 1 N–H and O–H groups in total. The van der Waals surface area contributed by atoms with Crippen LogP contribution in [0.15, 0.2) is 40.8 Å². The van der Waals surface area contributed by atoms with Crippen molar-refractivity contribution in [2.45, 2.75) is 0 Å². The topological polar surface area (TPSA) is 80.1 Å². The molecule has 1 heterocycles. The fourth-order valence-corrected chi connectivity index (χ4v) is 1.33. The first-order valence-electron chi connectivity index (χ1n) is 4.56. The zero-order valence-corrected chi connectivity index (χ0v) is 8.21. The smallest absolute Gasteiger partial charge is 0.269 e. The standard InChI is InChI=1S/C11H8N2O3/c12-7-10-5-6-11(16-10)8-1-3-9(4-2-8)13(14)15/h1-7,12H. The maximum absolute atomic E-state index is 10.5. The van der Waals surface area contributed by atoms with E-state index in [0.717, 1.165) is 11.8 Å². The average molecular weight is 216 g/mol. The van der Waals surface area contributed by atoms with Crippen LogP contribution in [0.3, 0.4) is 0 Å². The van der Waals surface area contributed by atoms with Crippen molar-refractivity contribution < 1.29 is 9.34 Å². The molecule has 0 spiro atoms. The summed E-state index contributed by atoms with van der Waals surface area (Å²) in [6.45, 7) is 0. The Labute approximate surface area is 91.0 Å². The fraction of sp³-hybridized carbons (Fsp3) is 0. The Hall–Kier alpha value is -2.43. The highest BCUT2D eigenvalue weighted by atomic mass is 16.6. The summed E-state index contributed by atoms with van der Waals surface area (Å²) in [5, 5.41) is 17.5. The summed E-state index contributed by atoms with van der Waals surface area (Å²) in [5.74, 6) is 1.04. The van der Waals surface area contributed by atoms with Crippen LogP contribution in [0.1, 0.15) is 5.76 Å². The lowest BCUT2D eigenvalue weighted by Gasteiger charge is -1.96. The van der Waals surface area contributed by atoms with Gasteiger partial charge in [-0.2, -0.15) is 0 Å². The van der Waals surface area contributed by atoms with Crippen molar-refractivity contribution in [3.8, 4) is 11.3 Å². The minimum atomic E-state index is -0.449. The number of non-ortho nitro benzene ring substituents is 1. The Morgan fingerprint density at radius 3 is 2.38 bits per heavy atom. The number of nitrogens with zero attached hydrogens (tertiary/aromatic N) is 1. The third-order valence-electron chi connectivity index (χ3n) is 2.13. The largest absolute Gasteiger partial charge is 0.455 e. The molecular formula is C11H8N2O3. The summed E-state index contributed by atoms with van der Waals surface area (Å²) in [6.07, 6.45) is 1.11. The molecule has 0 atom stereocenters. The van der Waals surface area contributed by atoms with Crippen LogP contribution in [0, 0.1) is 15.5 Å². The second-order valence-electron chi connectivity index (χ2n) is 3.15. The second kappa shape index (κ2) is 3.98. The summed E-state index contributed by atoms with van der Waals surface area (Å²) >= 11 is 0. The molecule has 0 aliphatic carbocycles. The molecule has 0 saturated carbocycles. The Balaban J connectivity index is 2.34. The fourth-order valence-electron chi connectivity index (χ4n) is 1.33. The van der Waals surface area contributed by atoms with Gasteiger partial charge in [0.2, 0.25) is 0 Å². The van der Waals surface area contributed by atoms with Crippen molar-refractivity contribution in [1.29, 1.82) is 5.41 Å². The van der Waals surface area contributed by atoms with E-state index in [1.807, 2.05) is 0 Å². The van der Waals surface area contributed by atoms with Crippen LogP contribution in [0.4, 0.5) is 5.69 Å². The second-order valence-corrected chi connectivity index (χ2v) is 3.15. The molecule has 5 heteroatoms. The third-order valence-corrected chi connectivity index (χ3v) is 2.13.